The Balaban J connectivity index is 2.08. The first-order valence-corrected chi connectivity index (χ1v) is 6.47. The van der Waals surface area contributed by atoms with Crippen molar-refractivity contribution in [2.75, 3.05) is 0 Å². The highest BCUT2D eigenvalue weighted by molar-refractivity contribution is 7.89. The van der Waals surface area contributed by atoms with E-state index >= 15 is 0 Å². The summed E-state index contributed by atoms with van der Waals surface area (Å²) in [6, 6.07) is 5.46. The summed E-state index contributed by atoms with van der Waals surface area (Å²) >= 11 is 0. The zero-order valence-corrected chi connectivity index (χ0v) is 10.0. The predicted molar refractivity (Wildman–Crippen MR) is 61.6 cm³/mol. The number of imidazole rings is 1. The van der Waals surface area contributed by atoms with Gasteiger partial charge in [-0.15, -0.1) is 0 Å². The van der Waals surface area contributed by atoms with Crippen LogP contribution in [-0.2, 0) is 16.6 Å². The van der Waals surface area contributed by atoms with Gasteiger partial charge in [-0.05, 0) is 19.1 Å². The lowest BCUT2D eigenvalue weighted by molar-refractivity contribution is 0.577. The molecule has 0 amide bonds. The number of hydrogen-bond donors (Lipinski definition) is 2. The van der Waals surface area contributed by atoms with Gasteiger partial charge in [0.05, 0.1) is 24.8 Å². The zero-order valence-electron chi connectivity index (χ0n) is 9.21. The third-order valence-electron chi connectivity index (χ3n) is 2.15. The monoisotopic (exact) mass is 252 g/mol. The van der Waals surface area contributed by atoms with Gasteiger partial charge >= 0.3 is 0 Å². The largest absolute Gasteiger partial charge is 0.335 e. The first-order valence-electron chi connectivity index (χ1n) is 4.98. The molecule has 0 aromatic carbocycles. The molecule has 6 nitrogen and oxygen atoms in total. The molecule has 2 aromatic heterocycles. The Labute approximate surface area is 99.2 Å². The van der Waals surface area contributed by atoms with E-state index in [4.69, 9.17) is 0 Å². The molecule has 2 heterocycles. The van der Waals surface area contributed by atoms with E-state index in [9.17, 15) is 8.42 Å². The van der Waals surface area contributed by atoms with Gasteiger partial charge in [0.1, 0.15) is 0 Å². The molecule has 2 rings (SSSR count). The Morgan fingerprint density at radius 3 is 2.88 bits per heavy atom. The number of aromatic amines is 1. The lowest BCUT2D eigenvalue weighted by Gasteiger charge is -2.04. The third kappa shape index (κ3) is 2.89. The van der Waals surface area contributed by atoms with Crippen molar-refractivity contribution < 1.29 is 8.42 Å². The molecule has 90 valence electrons. The molecule has 0 bridgehead atoms. The molecule has 0 aliphatic heterocycles. The maximum Gasteiger partial charge on any atom is 0.257 e. The van der Waals surface area contributed by atoms with Crippen LogP contribution in [0.15, 0.2) is 35.7 Å². The molecule has 2 N–H and O–H groups in total. The molecule has 0 saturated carbocycles. The lowest BCUT2D eigenvalue weighted by Crippen LogP contribution is -2.24. The molecule has 0 aliphatic rings. The number of aromatic nitrogens is 3. The van der Waals surface area contributed by atoms with Crippen molar-refractivity contribution in [3.63, 3.8) is 0 Å². The number of nitrogens with zero attached hydrogens (tertiary/aromatic N) is 2. The molecular formula is C10H12N4O2S. The summed E-state index contributed by atoms with van der Waals surface area (Å²) < 4.78 is 25.9. The minimum absolute atomic E-state index is 0.0464. The van der Waals surface area contributed by atoms with Crippen molar-refractivity contribution in [3.05, 3.63) is 42.1 Å². The highest BCUT2D eigenvalue weighted by atomic mass is 32.2. The summed E-state index contributed by atoms with van der Waals surface area (Å²) in [5.41, 5.74) is 1.52. The highest BCUT2D eigenvalue weighted by Crippen LogP contribution is 2.04. The van der Waals surface area contributed by atoms with Crippen molar-refractivity contribution in [1.82, 2.24) is 19.7 Å². The van der Waals surface area contributed by atoms with Gasteiger partial charge in [0.15, 0.2) is 5.03 Å². The average molecular weight is 252 g/mol. The second-order valence-electron chi connectivity index (χ2n) is 3.51. The van der Waals surface area contributed by atoms with E-state index in [1.54, 1.807) is 6.07 Å². The molecule has 0 atom stereocenters. The maximum atomic E-state index is 11.7. The molecule has 0 saturated heterocycles. The van der Waals surface area contributed by atoms with Crippen LogP contribution < -0.4 is 4.72 Å². The Kier molecular flexibility index (Phi) is 3.21. The van der Waals surface area contributed by atoms with Crippen molar-refractivity contribution in [2.45, 2.75) is 18.5 Å². The van der Waals surface area contributed by atoms with Gasteiger partial charge in [-0.25, -0.2) is 18.1 Å². The van der Waals surface area contributed by atoms with Crippen LogP contribution in [0, 0.1) is 6.92 Å². The molecule has 0 radical (unpaired) electrons. The normalized spacial score (nSPS) is 11.6. The fourth-order valence-electron chi connectivity index (χ4n) is 1.33. The molecule has 7 heteroatoms. The third-order valence-corrected chi connectivity index (χ3v) is 3.48. The fourth-order valence-corrected chi connectivity index (χ4v) is 2.24. The van der Waals surface area contributed by atoms with E-state index in [-0.39, 0.29) is 11.6 Å². The number of H-pyrrole nitrogens is 1. The first kappa shape index (κ1) is 11.7. The van der Waals surface area contributed by atoms with E-state index in [2.05, 4.69) is 19.7 Å². The van der Waals surface area contributed by atoms with Crippen LogP contribution >= 0.6 is 0 Å². The minimum Gasteiger partial charge on any atom is -0.335 e. The number of sulfonamides is 1. The Morgan fingerprint density at radius 1 is 1.41 bits per heavy atom. The summed E-state index contributed by atoms with van der Waals surface area (Å²) in [6.07, 6.45) is 2.57. The second kappa shape index (κ2) is 4.64. The van der Waals surface area contributed by atoms with Crippen molar-refractivity contribution in [1.29, 1.82) is 0 Å². The van der Waals surface area contributed by atoms with Crippen LogP contribution in [0.1, 0.15) is 11.4 Å². The van der Waals surface area contributed by atoms with Gasteiger partial charge in [-0.1, -0.05) is 6.07 Å². The topological polar surface area (TPSA) is 87.7 Å². The smallest absolute Gasteiger partial charge is 0.257 e. The fraction of sp³-hybridized carbons (Fsp3) is 0.200. The van der Waals surface area contributed by atoms with Crippen LogP contribution in [-0.4, -0.2) is 23.4 Å². The SMILES string of the molecule is Cc1cccc(CNS(=O)(=O)c2cnc[nH]2)n1. The molecule has 0 aliphatic carbocycles. The molecule has 0 spiro atoms. The van der Waals surface area contributed by atoms with E-state index in [0.717, 1.165) is 5.69 Å². The van der Waals surface area contributed by atoms with Gasteiger partial charge in [-0.3, -0.25) is 4.98 Å². The molecular weight excluding hydrogens is 240 g/mol. The zero-order chi connectivity index (χ0) is 12.3. The summed E-state index contributed by atoms with van der Waals surface area (Å²) in [5.74, 6) is 0. The van der Waals surface area contributed by atoms with Gasteiger partial charge in [-0.2, -0.15) is 0 Å². The van der Waals surface area contributed by atoms with Crippen LogP contribution in [0.5, 0.6) is 0 Å². The van der Waals surface area contributed by atoms with Gasteiger partial charge in [0, 0.05) is 5.69 Å². The van der Waals surface area contributed by atoms with Crippen LogP contribution in [0.25, 0.3) is 0 Å². The standard InChI is InChI=1S/C10H12N4O2S/c1-8-3-2-4-9(14-8)5-13-17(15,16)10-6-11-7-12-10/h2-4,6-7,13H,5H2,1H3,(H,11,12). The Bertz CT molecular complexity index is 593. The predicted octanol–water partition coefficient (Wildman–Crippen LogP) is 0.592. The number of pyridine rings is 1. The van der Waals surface area contributed by atoms with E-state index in [0.29, 0.717) is 5.69 Å². The summed E-state index contributed by atoms with van der Waals surface area (Å²) in [7, 11) is -3.54. The number of rotatable bonds is 4. The summed E-state index contributed by atoms with van der Waals surface area (Å²) in [5, 5.41) is 0.0464. The van der Waals surface area contributed by atoms with Crippen LogP contribution in [0.3, 0.4) is 0 Å². The molecule has 0 fully saturated rings. The molecule has 2 aromatic rings. The molecule has 17 heavy (non-hydrogen) atoms. The Hall–Kier alpha value is -1.73. The summed E-state index contributed by atoms with van der Waals surface area (Å²) in [6.45, 7) is 2.01. The number of aryl methyl sites for hydroxylation is 1. The lowest BCUT2D eigenvalue weighted by atomic mass is 10.3. The minimum atomic E-state index is -3.54. The number of nitrogens with one attached hydrogen (secondary N) is 2. The molecule has 0 unspecified atom stereocenters. The van der Waals surface area contributed by atoms with Gasteiger partial charge in [0.2, 0.25) is 0 Å². The number of hydrogen-bond acceptors (Lipinski definition) is 4. The van der Waals surface area contributed by atoms with Gasteiger partial charge < -0.3 is 4.98 Å². The Morgan fingerprint density at radius 2 is 2.24 bits per heavy atom. The average Bonchev–Trinajstić information content (AvgIpc) is 2.81. The maximum absolute atomic E-state index is 11.7. The van der Waals surface area contributed by atoms with Crippen molar-refractivity contribution in [2.24, 2.45) is 0 Å². The second-order valence-corrected chi connectivity index (χ2v) is 5.25. The van der Waals surface area contributed by atoms with Crippen LogP contribution in [0.2, 0.25) is 0 Å². The van der Waals surface area contributed by atoms with Crippen LogP contribution in [0.4, 0.5) is 0 Å². The summed E-state index contributed by atoms with van der Waals surface area (Å²) in [4.78, 5) is 10.4. The van der Waals surface area contributed by atoms with E-state index in [1.807, 2.05) is 19.1 Å². The van der Waals surface area contributed by atoms with Gasteiger partial charge in [0.25, 0.3) is 10.0 Å². The van der Waals surface area contributed by atoms with Crippen molar-refractivity contribution in [3.8, 4) is 0 Å². The first-order chi connectivity index (χ1) is 8.08. The van der Waals surface area contributed by atoms with E-state index in [1.165, 1.54) is 12.5 Å². The quantitative estimate of drug-likeness (QED) is 0.833. The van der Waals surface area contributed by atoms with E-state index < -0.39 is 10.0 Å². The highest BCUT2D eigenvalue weighted by Gasteiger charge is 2.14. The van der Waals surface area contributed by atoms with Crippen molar-refractivity contribution >= 4 is 10.0 Å².